The number of nitrogens with zero attached hydrogens (tertiary/aromatic N) is 3. The molecule has 0 radical (unpaired) electrons. The van der Waals surface area contributed by atoms with Crippen LogP contribution in [0.4, 0.5) is 13.2 Å². The van der Waals surface area contributed by atoms with Crippen molar-refractivity contribution in [3.05, 3.63) is 58.0 Å². The molecule has 0 saturated carbocycles. The van der Waals surface area contributed by atoms with E-state index in [1.54, 1.807) is 17.6 Å². The highest BCUT2D eigenvalue weighted by atomic mass is 35.5. The van der Waals surface area contributed by atoms with Crippen molar-refractivity contribution < 1.29 is 22.7 Å². The largest absolute Gasteiger partial charge is 0.464 e. The number of esters is 1. The van der Waals surface area contributed by atoms with Crippen LogP contribution in [-0.2, 0) is 17.5 Å². The summed E-state index contributed by atoms with van der Waals surface area (Å²) in [5.41, 5.74) is 0.746. The fourth-order valence-corrected chi connectivity index (χ4v) is 2.78. The van der Waals surface area contributed by atoms with Crippen molar-refractivity contribution in [2.45, 2.75) is 19.6 Å². The number of aromatic nitrogens is 3. The third-order valence-electron chi connectivity index (χ3n) is 3.89. The van der Waals surface area contributed by atoms with Gasteiger partial charge < -0.3 is 9.30 Å². The van der Waals surface area contributed by atoms with Gasteiger partial charge in [0.2, 0.25) is 0 Å². The fourth-order valence-electron chi connectivity index (χ4n) is 2.54. The normalized spacial score (nSPS) is 11.8. The average molecular weight is 384 g/mol. The van der Waals surface area contributed by atoms with Crippen LogP contribution >= 0.6 is 11.6 Å². The first-order valence-electron chi connectivity index (χ1n) is 7.48. The summed E-state index contributed by atoms with van der Waals surface area (Å²) < 4.78 is 44.7. The fraction of sp³-hybridized carbons (Fsp3) is 0.235. The lowest BCUT2D eigenvalue weighted by molar-refractivity contribution is -0.137. The van der Waals surface area contributed by atoms with E-state index in [1.807, 2.05) is 0 Å². The van der Waals surface area contributed by atoms with E-state index in [9.17, 15) is 18.0 Å². The molecule has 0 bridgehead atoms. The van der Waals surface area contributed by atoms with Crippen molar-refractivity contribution in [2.75, 3.05) is 7.11 Å². The quantitative estimate of drug-likeness (QED) is 0.634. The average Bonchev–Trinajstić information content (AvgIpc) is 2.89. The highest BCUT2D eigenvalue weighted by Gasteiger charge is 2.31. The van der Waals surface area contributed by atoms with E-state index in [0.717, 1.165) is 12.1 Å². The molecule has 3 aromatic rings. The molecule has 26 heavy (non-hydrogen) atoms. The minimum atomic E-state index is -4.46. The van der Waals surface area contributed by atoms with Crippen LogP contribution < -0.4 is 0 Å². The second-order valence-corrected chi connectivity index (χ2v) is 5.99. The van der Waals surface area contributed by atoms with Gasteiger partial charge >= 0.3 is 12.1 Å². The molecule has 0 aliphatic carbocycles. The third kappa shape index (κ3) is 3.37. The maximum atomic E-state index is 12.8. The molecule has 0 aliphatic heterocycles. The van der Waals surface area contributed by atoms with E-state index in [1.165, 1.54) is 19.2 Å². The maximum absolute atomic E-state index is 12.8. The predicted molar refractivity (Wildman–Crippen MR) is 89.2 cm³/mol. The highest BCUT2D eigenvalue weighted by Crippen LogP contribution is 2.32. The van der Waals surface area contributed by atoms with Gasteiger partial charge in [-0.15, -0.1) is 0 Å². The van der Waals surface area contributed by atoms with Gasteiger partial charge in [0.15, 0.2) is 11.3 Å². The molecule has 1 aromatic carbocycles. The molecule has 0 amide bonds. The number of halogens is 4. The van der Waals surface area contributed by atoms with Gasteiger partial charge in [-0.05, 0) is 36.8 Å². The van der Waals surface area contributed by atoms with E-state index in [2.05, 4.69) is 14.7 Å². The standard InChI is InChI=1S/C17H13ClF3N3O2/c1-9-22-13-5-6-14(16(25)26-2)23-15(13)24(9)8-10-3-4-11(7-12(10)18)17(19,20)21/h3-7H,8H2,1-2H3. The van der Waals surface area contributed by atoms with Crippen molar-refractivity contribution in [1.29, 1.82) is 0 Å². The monoisotopic (exact) mass is 383 g/mol. The van der Waals surface area contributed by atoms with Crippen LogP contribution in [0.2, 0.25) is 5.02 Å². The Labute approximate surface area is 151 Å². The summed E-state index contributed by atoms with van der Waals surface area (Å²) in [6.07, 6.45) is -4.46. The zero-order valence-electron chi connectivity index (χ0n) is 13.8. The summed E-state index contributed by atoms with van der Waals surface area (Å²) >= 11 is 6.03. The first-order chi connectivity index (χ1) is 12.2. The zero-order chi connectivity index (χ0) is 19.1. The molecule has 0 spiro atoms. The second-order valence-electron chi connectivity index (χ2n) is 5.58. The van der Waals surface area contributed by atoms with E-state index >= 15 is 0 Å². The summed E-state index contributed by atoms with van der Waals surface area (Å²) in [5.74, 6) is -0.00431. The number of hydrogen-bond acceptors (Lipinski definition) is 4. The van der Waals surface area contributed by atoms with Crippen molar-refractivity contribution in [2.24, 2.45) is 0 Å². The van der Waals surface area contributed by atoms with E-state index < -0.39 is 17.7 Å². The van der Waals surface area contributed by atoms with Crippen LogP contribution in [0.15, 0.2) is 30.3 Å². The Morgan fingerprint density at radius 2 is 1.96 bits per heavy atom. The first kappa shape index (κ1) is 18.2. The molecule has 0 aliphatic rings. The second kappa shape index (κ2) is 6.60. The Hall–Kier alpha value is -2.61. The Kier molecular flexibility index (Phi) is 4.62. The number of carbonyl (C=O) groups is 1. The molecule has 9 heteroatoms. The Morgan fingerprint density at radius 1 is 1.23 bits per heavy atom. The van der Waals surface area contributed by atoms with Crippen molar-refractivity contribution in [1.82, 2.24) is 14.5 Å². The Balaban J connectivity index is 2.03. The van der Waals surface area contributed by atoms with E-state index in [0.29, 0.717) is 22.6 Å². The number of rotatable bonds is 3. The molecular weight excluding hydrogens is 371 g/mol. The van der Waals surface area contributed by atoms with Crippen molar-refractivity contribution in [3.63, 3.8) is 0 Å². The molecule has 0 N–H and O–H groups in total. The molecule has 0 fully saturated rings. The van der Waals surface area contributed by atoms with E-state index in [4.69, 9.17) is 11.6 Å². The third-order valence-corrected chi connectivity index (χ3v) is 4.24. The summed E-state index contributed by atoms with van der Waals surface area (Å²) in [6, 6.07) is 6.31. The SMILES string of the molecule is COC(=O)c1ccc2nc(C)n(Cc3ccc(C(F)(F)F)cc3Cl)c2n1. The smallest absolute Gasteiger partial charge is 0.416 e. The van der Waals surface area contributed by atoms with Gasteiger partial charge in [-0.2, -0.15) is 13.2 Å². The van der Waals surface area contributed by atoms with Gasteiger partial charge in [-0.25, -0.2) is 14.8 Å². The van der Waals surface area contributed by atoms with Crippen LogP contribution in [0.1, 0.15) is 27.4 Å². The summed E-state index contributed by atoms with van der Waals surface area (Å²) in [4.78, 5) is 20.3. The van der Waals surface area contributed by atoms with Crippen LogP contribution in [0.3, 0.4) is 0 Å². The molecule has 2 aromatic heterocycles. The van der Waals surface area contributed by atoms with Crippen molar-refractivity contribution in [3.8, 4) is 0 Å². The minimum absolute atomic E-state index is 0.00908. The number of hydrogen-bond donors (Lipinski definition) is 0. The predicted octanol–water partition coefficient (Wildman–Crippen LogP) is 4.25. The summed E-state index contributed by atoms with van der Waals surface area (Å²) in [7, 11) is 1.25. The summed E-state index contributed by atoms with van der Waals surface area (Å²) in [6.45, 7) is 1.90. The number of imidazole rings is 1. The van der Waals surface area contributed by atoms with Crippen LogP contribution in [0.25, 0.3) is 11.2 Å². The summed E-state index contributed by atoms with van der Waals surface area (Å²) in [5, 5.41) is -0.00908. The van der Waals surface area contributed by atoms with Gasteiger partial charge in [-0.1, -0.05) is 17.7 Å². The Bertz CT molecular complexity index is 999. The number of alkyl halides is 3. The molecule has 2 heterocycles. The molecule has 0 saturated heterocycles. The van der Waals surface area contributed by atoms with Gasteiger partial charge in [0.1, 0.15) is 11.3 Å². The lowest BCUT2D eigenvalue weighted by Crippen LogP contribution is -2.09. The number of carbonyl (C=O) groups excluding carboxylic acids is 1. The number of pyridine rings is 1. The molecule has 0 atom stereocenters. The van der Waals surface area contributed by atoms with Crippen LogP contribution in [0.5, 0.6) is 0 Å². The number of ether oxygens (including phenoxy) is 1. The lowest BCUT2D eigenvalue weighted by Gasteiger charge is -2.12. The number of benzene rings is 1. The van der Waals surface area contributed by atoms with Gasteiger partial charge in [0.25, 0.3) is 0 Å². The molecule has 3 rings (SSSR count). The first-order valence-corrected chi connectivity index (χ1v) is 7.86. The molecule has 0 unspecified atom stereocenters. The highest BCUT2D eigenvalue weighted by molar-refractivity contribution is 6.31. The molecule has 136 valence electrons. The zero-order valence-corrected chi connectivity index (χ0v) is 14.5. The molecule has 5 nitrogen and oxygen atoms in total. The van der Waals surface area contributed by atoms with Crippen LogP contribution in [-0.4, -0.2) is 27.6 Å². The Morgan fingerprint density at radius 3 is 2.58 bits per heavy atom. The van der Waals surface area contributed by atoms with E-state index in [-0.39, 0.29) is 17.3 Å². The van der Waals surface area contributed by atoms with Crippen molar-refractivity contribution >= 4 is 28.7 Å². The maximum Gasteiger partial charge on any atom is 0.416 e. The van der Waals surface area contributed by atoms with Gasteiger partial charge in [0.05, 0.1) is 19.2 Å². The van der Waals surface area contributed by atoms with Crippen LogP contribution in [0, 0.1) is 6.92 Å². The lowest BCUT2D eigenvalue weighted by atomic mass is 10.1. The molecular formula is C17H13ClF3N3O2. The topological polar surface area (TPSA) is 57.0 Å². The minimum Gasteiger partial charge on any atom is -0.464 e. The van der Waals surface area contributed by atoms with Gasteiger partial charge in [0, 0.05) is 5.02 Å². The van der Waals surface area contributed by atoms with Gasteiger partial charge in [-0.3, -0.25) is 0 Å². The number of fused-ring (bicyclic) bond motifs is 1. The number of aryl methyl sites for hydroxylation is 1. The number of methoxy groups -OCH3 is 1.